The topological polar surface area (TPSA) is 114 Å². The predicted molar refractivity (Wildman–Crippen MR) is 126 cm³/mol. The lowest BCUT2D eigenvalue weighted by molar-refractivity contribution is 0.238. The van der Waals surface area contributed by atoms with Gasteiger partial charge >= 0.3 is 0 Å². The number of rotatable bonds is 9. The highest BCUT2D eigenvalue weighted by atomic mass is 16.5. The van der Waals surface area contributed by atoms with E-state index in [2.05, 4.69) is 25.5 Å². The Balaban J connectivity index is 1.32. The molecule has 0 aliphatic carbocycles. The molecule has 0 radical (unpaired) electrons. The largest absolute Gasteiger partial charge is 0.492 e. The molecule has 1 aliphatic heterocycles. The van der Waals surface area contributed by atoms with E-state index in [0.29, 0.717) is 30.6 Å². The molecule has 0 unspecified atom stereocenters. The van der Waals surface area contributed by atoms with E-state index in [1.165, 1.54) is 25.9 Å². The van der Waals surface area contributed by atoms with Crippen LogP contribution in [0.5, 0.6) is 5.75 Å². The van der Waals surface area contributed by atoms with Crippen molar-refractivity contribution in [3.8, 4) is 5.75 Å². The SMILES string of the molecule is Nc1ccccc1CNc1nc(Nc2ccc(OCCN3CCCC3)cc2)ncc1N. The molecule has 6 N–H and O–H groups in total. The van der Waals surface area contributed by atoms with Gasteiger partial charge in [-0.2, -0.15) is 4.98 Å². The number of nitrogens with zero attached hydrogens (tertiary/aromatic N) is 3. The Morgan fingerprint density at radius 3 is 2.52 bits per heavy atom. The van der Waals surface area contributed by atoms with Crippen LogP contribution in [-0.4, -0.2) is 41.1 Å². The number of nitrogens with two attached hydrogens (primary N) is 2. The molecule has 4 rings (SSSR count). The molecule has 8 nitrogen and oxygen atoms in total. The van der Waals surface area contributed by atoms with E-state index in [4.69, 9.17) is 16.2 Å². The van der Waals surface area contributed by atoms with Gasteiger partial charge in [-0.25, -0.2) is 4.98 Å². The van der Waals surface area contributed by atoms with Gasteiger partial charge in [0.15, 0.2) is 5.82 Å². The summed E-state index contributed by atoms with van der Waals surface area (Å²) < 4.78 is 5.85. The summed E-state index contributed by atoms with van der Waals surface area (Å²) in [5.41, 5.74) is 15.1. The monoisotopic (exact) mass is 419 g/mol. The zero-order valence-electron chi connectivity index (χ0n) is 17.6. The molecular weight excluding hydrogens is 390 g/mol. The van der Waals surface area contributed by atoms with E-state index in [1.807, 2.05) is 48.5 Å². The maximum Gasteiger partial charge on any atom is 0.229 e. The van der Waals surface area contributed by atoms with E-state index in [1.54, 1.807) is 6.20 Å². The van der Waals surface area contributed by atoms with E-state index in [0.717, 1.165) is 29.2 Å². The standard InChI is InChI=1S/C23H29N7O/c24-20-6-2-1-5-17(20)15-26-22-21(25)16-27-23(29-22)28-18-7-9-19(10-8-18)31-14-13-30-11-3-4-12-30/h1-2,5-10,16H,3-4,11-15,24-25H2,(H2,26,27,28,29). The number of likely N-dealkylation sites (tertiary alicyclic amines) is 1. The fourth-order valence-electron chi connectivity index (χ4n) is 3.53. The van der Waals surface area contributed by atoms with Crippen molar-refractivity contribution in [1.82, 2.24) is 14.9 Å². The molecule has 2 heterocycles. The van der Waals surface area contributed by atoms with Crippen LogP contribution >= 0.6 is 0 Å². The Hall–Kier alpha value is -3.52. The van der Waals surface area contributed by atoms with E-state index >= 15 is 0 Å². The van der Waals surface area contributed by atoms with Crippen molar-refractivity contribution in [2.45, 2.75) is 19.4 Å². The summed E-state index contributed by atoms with van der Waals surface area (Å²) in [4.78, 5) is 11.2. The minimum absolute atomic E-state index is 0.459. The Morgan fingerprint density at radius 2 is 1.74 bits per heavy atom. The van der Waals surface area contributed by atoms with Crippen LogP contribution in [0.15, 0.2) is 54.7 Å². The fraction of sp³-hybridized carbons (Fsp3) is 0.304. The first-order chi connectivity index (χ1) is 15.2. The Bertz CT molecular complexity index is 987. The molecule has 0 atom stereocenters. The molecule has 1 aromatic heterocycles. The number of nitrogens with one attached hydrogen (secondary N) is 2. The number of ether oxygens (including phenoxy) is 1. The van der Waals surface area contributed by atoms with Crippen LogP contribution < -0.4 is 26.8 Å². The molecular formula is C23H29N7O. The van der Waals surface area contributed by atoms with Gasteiger partial charge in [-0.3, -0.25) is 4.90 Å². The first-order valence-corrected chi connectivity index (χ1v) is 10.6. The minimum atomic E-state index is 0.459. The number of nitrogen functional groups attached to an aromatic ring is 2. The van der Waals surface area contributed by atoms with Gasteiger partial charge in [-0.15, -0.1) is 0 Å². The number of anilines is 5. The van der Waals surface area contributed by atoms with Gasteiger partial charge in [0, 0.05) is 24.5 Å². The third kappa shape index (κ3) is 5.76. The van der Waals surface area contributed by atoms with Crippen LogP contribution in [0.2, 0.25) is 0 Å². The summed E-state index contributed by atoms with van der Waals surface area (Å²) in [5, 5.41) is 6.43. The lowest BCUT2D eigenvalue weighted by Gasteiger charge is -2.15. The zero-order valence-corrected chi connectivity index (χ0v) is 17.6. The third-order valence-corrected chi connectivity index (χ3v) is 5.30. The maximum atomic E-state index is 6.03. The summed E-state index contributed by atoms with van der Waals surface area (Å²) >= 11 is 0. The highest BCUT2D eigenvalue weighted by Gasteiger charge is 2.11. The van der Waals surface area contributed by atoms with Crippen molar-refractivity contribution in [3.05, 3.63) is 60.3 Å². The molecule has 3 aromatic rings. The van der Waals surface area contributed by atoms with Crippen LogP contribution in [0.3, 0.4) is 0 Å². The number of para-hydroxylation sites is 1. The summed E-state index contributed by atoms with van der Waals surface area (Å²) in [6.45, 7) is 4.57. The van der Waals surface area contributed by atoms with Gasteiger partial charge in [0.1, 0.15) is 12.4 Å². The van der Waals surface area contributed by atoms with Crippen molar-refractivity contribution in [1.29, 1.82) is 0 Å². The highest BCUT2D eigenvalue weighted by molar-refractivity contribution is 5.64. The molecule has 2 aromatic carbocycles. The van der Waals surface area contributed by atoms with Crippen LogP contribution in [0, 0.1) is 0 Å². The van der Waals surface area contributed by atoms with Crippen molar-refractivity contribution < 1.29 is 4.74 Å². The summed E-state index contributed by atoms with van der Waals surface area (Å²) in [6.07, 6.45) is 4.18. The van der Waals surface area contributed by atoms with Crippen molar-refractivity contribution in [3.63, 3.8) is 0 Å². The second kappa shape index (κ2) is 9.99. The lowest BCUT2D eigenvalue weighted by atomic mass is 10.2. The minimum Gasteiger partial charge on any atom is -0.492 e. The second-order valence-corrected chi connectivity index (χ2v) is 7.60. The molecule has 0 saturated carbocycles. The molecule has 0 bridgehead atoms. The first-order valence-electron chi connectivity index (χ1n) is 10.6. The van der Waals surface area contributed by atoms with Crippen LogP contribution in [-0.2, 0) is 6.54 Å². The fourth-order valence-corrected chi connectivity index (χ4v) is 3.53. The number of hydrogen-bond donors (Lipinski definition) is 4. The lowest BCUT2D eigenvalue weighted by Crippen LogP contribution is -2.25. The Kier molecular flexibility index (Phi) is 6.68. The van der Waals surface area contributed by atoms with Crippen molar-refractivity contribution in [2.24, 2.45) is 0 Å². The second-order valence-electron chi connectivity index (χ2n) is 7.60. The smallest absolute Gasteiger partial charge is 0.229 e. The van der Waals surface area contributed by atoms with Gasteiger partial charge in [-0.1, -0.05) is 18.2 Å². The van der Waals surface area contributed by atoms with Gasteiger partial charge < -0.3 is 26.8 Å². The summed E-state index contributed by atoms with van der Waals surface area (Å²) in [7, 11) is 0. The molecule has 0 amide bonds. The van der Waals surface area contributed by atoms with Gasteiger partial charge in [0.25, 0.3) is 0 Å². The van der Waals surface area contributed by atoms with E-state index < -0.39 is 0 Å². The summed E-state index contributed by atoms with van der Waals surface area (Å²) in [6, 6.07) is 15.5. The van der Waals surface area contributed by atoms with Crippen molar-refractivity contribution >= 4 is 28.8 Å². The Labute approximate surface area is 182 Å². The van der Waals surface area contributed by atoms with Gasteiger partial charge in [0.05, 0.1) is 11.9 Å². The van der Waals surface area contributed by atoms with Crippen molar-refractivity contribution in [2.75, 3.05) is 48.3 Å². The van der Waals surface area contributed by atoms with Gasteiger partial charge in [-0.05, 0) is 61.8 Å². The number of hydrogen-bond acceptors (Lipinski definition) is 8. The highest BCUT2D eigenvalue weighted by Crippen LogP contribution is 2.22. The quantitative estimate of drug-likeness (QED) is 0.390. The van der Waals surface area contributed by atoms with Crippen LogP contribution in [0.1, 0.15) is 18.4 Å². The van der Waals surface area contributed by atoms with E-state index in [-0.39, 0.29) is 0 Å². The molecule has 31 heavy (non-hydrogen) atoms. The molecule has 1 fully saturated rings. The maximum absolute atomic E-state index is 6.03. The van der Waals surface area contributed by atoms with E-state index in [9.17, 15) is 0 Å². The van der Waals surface area contributed by atoms with Gasteiger partial charge in [0.2, 0.25) is 5.95 Å². The number of benzene rings is 2. The van der Waals surface area contributed by atoms with Crippen LogP contribution in [0.4, 0.5) is 28.8 Å². The summed E-state index contributed by atoms with van der Waals surface area (Å²) in [5.74, 6) is 1.87. The normalized spacial score (nSPS) is 13.8. The van der Waals surface area contributed by atoms with Crippen LogP contribution in [0.25, 0.3) is 0 Å². The average Bonchev–Trinajstić information content (AvgIpc) is 3.30. The zero-order chi connectivity index (χ0) is 21.5. The molecule has 1 aliphatic rings. The molecule has 0 spiro atoms. The average molecular weight is 420 g/mol. The first kappa shape index (κ1) is 20.7. The Morgan fingerprint density at radius 1 is 0.968 bits per heavy atom. The third-order valence-electron chi connectivity index (χ3n) is 5.30. The molecule has 8 heteroatoms. The number of aromatic nitrogens is 2. The molecule has 162 valence electrons. The predicted octanol–water partition coefficient (Wildman–Crippen LogP) is 3.47. The molecule has 1 saturated heterocycles.